The third-order valence-corrected chi connectivity index (χ3v) is 6.44. The number of carbonyl (C=O) groups excluding carboxylic acids is 1. The van der Waals surface area contributed by atoms with Crippen molar-refractivity contribution in [2.45, 2.75) is 11.8 Å². The van der Waals surface area contributed by atoms with Crippen LogP contribution in [-0.2, 0) is 10.1 Å². The molecule has 0 N–H and O–H groups in total. The molecule has 1 aliphatic heterocycles. The molecule has 0 aromatic heterocycles. The monoisotopic (exact) mass is 482 g/mol. The lowest BCUT2D eigenvalue weighted by molar-refractivity contribution is 0.101. The van der Waals surface area contributed by atoms with Crippen molar-refractivity contribution < 1.29 is 36.3 Å². The number of benzene rings is 3. The predicted octanol–water partition coefficient (Wildman–Crippen LogP) is 4.40. The molecule has 176 valence electrons. The van der Waals surface area contributed by atoms with Gasteiger partial charge in [-0.1, -0.05) is 17.7 Å². The van der Waals surface area contributed by atoms with E-state index in [9.17, 15) is 13.2 Å². The van der Waals surface area contributed by atoms with Crippen molar-refractivity contribution in [2.24, 2.45) is 0 Å². The van der Waals surface area contributed by atoms with E-state index >= 15 is 0 Å². The Kier molecular flexibility index (Phi) is 6.21. The Morgan fingerprint density at radius 3 is 2.21 bits per heavy atom. The van der Waals surface area contributed by atoms with Crippen molar-refractivity contribution in [2.75, 3.05) is 21.3 Å². The van der Waals surface area contributed by atoms with Gasteiger partial charge in [0.05, 0.1) is 26.9 Å². The number of ketones is 1. The van der Waals surface area contributed by atoms with Crippen molar-refractivity contribution in [3.8, 4) is 28.7 Å². The molecule has 0 saturated carbocycles. The number of hydrogen-bond donors (Lipinski definition) is 0. The fourth-order valence-corrected chi connectivity index (χ4v) is 4.40. The molecule has 0 unspecified atom stereocenters. The molecule has 0 saturated heterocycles. The highest BCUT2D eigenvalue weighted by atomic mass is 32.2. The van der Waals surface area contributed by atoms with Crippen molar-refractivity contribution in [1.82, 2.24) is 0 Å². The predicted molar refractivity (Wildman–Crippen MR) is 124 cm³/mol. The molecule has 0 bridgehead atoms. The zero-order valence-corrected chi connectivity index (χ0v) is 19.8. The smallest absolute Gasteiger partial charge is 0.339 e. The minimum atomic E-state index is -4.04. The van der Waals surface area contributed by atoms with Crippen LogP contribution in [0.1, 0.15) is 21.5 Å². The molecule has 3 aromatic rings. The van der Waals surface area contributed by atoms with Gasteiger partial charge in [-0.15, -0.1) is 0 Å². The molecule has 4 rings (SSSR count). The largest absolute Gasteiger partial charge is 0.493 e. The highest BCUT2D eigenvalue weighted by Crippen LogP contribution is 2.42. The number of methoxy groups -OCH3 is 3. The van der Waals surface area contributed by atoms with Gasteiger partial charge in [0.1, 0.15) is 16.4 Å². The minimum absolute atomic E-state index is 0.0247. The fraction of sp³-hybridized carbons (Fsp3) is 0.160. The maximum atomic E-state index is 12.9. The summed E-state index contributed by atoms with van der Waals surface area (Å²) in [6, 6.07) is 13.9. The second kappa shape index (κ2) is 9.11. The van der Waals surface area contributed by atoms with Gasteiger partial charge in [0.15, 0.2) is 17.3 Å². The van der Waals surface area contributed by atoms with Gasteiger partial charge in [-0.2, -0.15) is 8.42 Å². The summed E-state index contributed by atoms with van der Waals surface area (Å²) in [5.41, 5.74) is 1.74. The van der Waals surface area contributed by atoms with E-state index in [-0.39, 0.29) is 33.5 Å². The summed E-state index contributed by atoms with van der Waals surface area (Å²) in [6.45, 7) is 1.86. The first-order valence-corrected chi connectivity index (χ1v) is 11.6. The van der Waals surface area contributed by atoms with E-state index in [4.69, 9.17) is 23.1 Å². The summed E-state index contributed by atoms with van der Waals surface area (Å²) >= 11 is 0. The molecular weight excluding hydrogens is 460 g/mol. The first kappa shape index (κ1) is 23.2. The lowest BCUT2D eigenvalue weighted by Crippen LogP contribution is -2.09. The van der Waals surface area contributed by atoms with Gasteiger partial charge in [-0.05, 0) is 49.4 Å². The molecule has 8 nitrogen and oxygen atoms in total. The van der Waals surface area contributed by atoms with Crippen LogP contribution in [0.2, 0.25) is 0 Å². The average molecular weight is 483 g/mol. The van der Waals surface area contributed by atoms with E-state index in [0.29, 0.717) is 22.8 Å². The van der Waals surface area contributed by atoms with Gasteiger partial charge in [0.25, 0.3) is 0 Å². The normalized spacial score (nSPS) is 13.9. The highest BCUT2D eigenvalue weighted by molar-refractivity contribution is 7.87. The van der Waals surface area contributed by atoms with Gasteiger partial charge < -0.3 is 23.1 Å². The van der Waals surface area contributed by atoms with Crippen LogP contribution in [-0.4, -0.2) is 35.5 Å². The van der Waals surface area contributed by atoms with Crippen molar-refractivity contribution in [3.05, 3.63) is 77.0 Å². The molecule has 0 atom stereocenters. The van der Waals surface area contributed by atoms with Gasteiger partial charge in [0, 0.05) is 11.6 Å². The summed E-state index contributed by atoms with van der Waals surface area (Å²) in [6.07, 6.45) is 1.52. The van der Waals surface area contributed by atoms with E-state index in [1.54, 1.807) is 24.3 Å². The van der Waals surface area contributed by atoms with Crippen LogP contribution < -0.4 is 23.1 Å². The lowest BCUT2D eigenvalue weighted by Gasteiger charge is -2.14. The molecule has 0 aliphatic carbocycles. The second-order valence-corrected chi connectivity index (χ2v) is 8.92. The van der Waals surface area contributed by atoms with Gasteiger partial charge in [-0.3, -0.25) is 4.79 Å². The first-order chi connectivity index (χ1) is 16.3. The topological polar surface area (TPSA) is 97.4 Å². The number of ether oxygens (including phenoxy) is 4. The van der Waals surface area contributed by atoms with Crippen LogP contribution in [0, 0.1) is 6.92 Å². The molecule has 0 amide bonds. The minimum Gasteiger partial charge on any atom is -0.493 e. The summed E-state index contributed by atoms with van der Waals surface area (Å²) in [5.74, 6) is 1.11. The molecule has 9 heteroatoms. The maximum absolute atomic E-state index is 12.9. The summed E-state index contributed by atoms with van der Waals surface area (Å²) in [4.78, 5) is 12.9. The summed E-state index contributed by atoms with van der Waals surface area (Å²) in [5, 5.41) is 0. The van der Waals surface area contributed by atoms with Gasteiger partial charge in [-0.25, -0.2) is 0 Å². The van der Waals surface area contributed by atoms with Crippen molar-refractivity contribution in [3.63, 3.8) is 0 Å². The van der Waals surface area contributed by atoms with Crippen LogP contribution in [0.3, 0.4) is 0 Å². The molecular formula is C25H22O8S. The Hall–Kier alpha value is -3.98. The van der Waals surface area contributed by atoms with Crippen LogP contribution in [0.4, 0.5) is 0 Å². The standard InChI is InChI=1S/C25H22O8S/c1-15-5-9-18(10-6-15)34(27,28)33-17-8-11-19-21(14-17)32-22(23(19)26)13-16-7-12-20(29-2)25(31-4)24(16)30-3/h5-14H,1-4H3/b22-13-. The third-order valence-electron chi connectivity index (χ3n) is 5.18. The first-order valence-electron chi connectivity index (χ1n) is 10.2. The van der Waals surface area contributed by atoms with E-state index in [0.717, 1.165) is 5.56 Å². The Morgan fingerprint density at radius 1 is 0.853 bits per heavy atom. The molecule has 3 aromatic carbocycles. The third kappa shape index (κ3) is 4.29. The van der Waals surface area contributed by atoms with E-state index in [1.807, 2.05) is 6.92 Å². The number of rotatable bonds is 7. The van der Waals surface area contributed by atoms with E-state index in [2.05, 4.69) is 0 Å². The van der Waals surface area contributed by atoms with Crippen LogP contribution in [0.15, 0.2) is 65.3 Å². The maximum Gasteiger partial charge on any atom is 0.339 e. The quantitative estimate of drug-likeness (QED) is 0.361. The Balaban J connectivity index is 1.63. The van der Waals surface area contributed by atoms with E-state index in [1.165, 1.54) is 57.7 Å². The number of aryl methyl sites for hydroxylation is 1. The van der Waals surface area contributed by atoms with Crippen molar-refractivity contribution in [1.29, 1.82) is 0 Å². The molecule has 0 fully saturated rings. The number of carbonyl (C=O) groups is 1. The van der Waals surface area contributed by atoms with Gasteiger partial charge >= 0.3 is 10.1 Å². The summed E-state index contributed by atoms with van der Waals surface area (Å²) in [7, 11) is 0.423. The van der Waals surface area contributed by atoms with Crippen molar-refractivity contribution >= 4 is 22.0 Å². The number of allylic oxidation sites excluding steroid dienone is 1. The summed E-state index contributed by atoms with van der Waals surface area (Å²) < 4.78 is 52.3. The second-order valence-electron chi connectivity index (χ2n) is 7.37. The Labute approximate surface area is 197 Å². The van der Waals surface area contributed by atoms with E-state index < -0.39 is 10.1 Å². The molecule has 0 radical (unpaired) electrons. The molecule has 1 aliphatic rings. The fourth-order valence-electron chi connectivity index (χ4n) is 3.48. The average Bonchev–Trinajstić information content (AvgIpc) is 3.12. The molecule has 34 heavy (non-hydrogen) atoms. The van der Waals surface area contributed by atoms with Crippen LogP contribution >= 0.6 is 0 Å². The number of fused-ring (bicyclic) bond motifs is 1. The zero-order chi connectivity index (χ0) is 24.5. The number of hydrogen-bond acceptors (Lipinski definition) is 8. The van der Waals surface area contributed by atoms with Crippen LogP contribution in [0.25, 0.3) is 6.08 Å². The van der Waals surface area contributed by atoms with Gasteiger partial charge in [0.2, 0.25) is 11.5 Å². The van der Waals surface area contributed by atoms with Crippen LogP contribution in [0.5, 0.6) is 28.7 Å². The zero-order valence-electron chi connectivity index (χ0n) is 18.9. The Morgan fingerprint density at radius 2 is 1.56 bits per heavy atom. The SMILES string of the molecule is COc1ccc(/C=C2\Oc3cc(OS(=O)(=O)c4ccc(C)cc4)ccc3C2=O)c(OC)c1OC. The Bertz CT molecular complexity index is 1390. The molecule has 0 spiro atoms. The number of Topliss-reactive ketones (excluding diaryl/α,β-unsaturated/α-hetero) is 1. The molecule has 1 heterocycles. The lowest BCUT2D eigenvalue weighted by atomic mass is 10.1. The highest BCUT2D eigenvalue weighted by Gasteiger charge is 2.29.